The van der Waals surface area contributed by atoms with E-state index in [-0.39, 0.29) is 24.0 Å². The van der Waals surface area contributed by atoms with Crippen LogP contribution < -0.4 is 10.6 Å². The molecule has 0 aromatic heterocycles. The molecular formula is C19H32N4O. The third kappa shape index (κ3) is 5.80. The molecule has 1 heterocycles. The van der Waals surface area contributed by atoms with Gasteiger partial charge >= 0.3 is 6.03 Å². The van der Waals surface area contributed by atoms with Crippen LogP contribution in [0.5, 0.6) is 0 Å². The van der Waals surface area contributed by atoms with Crippen LogP contribution in [0.25, 0.3) is 0 Å². The standard InChI is InChI=1S/C19H32N4O/c1-15(14-23-12-10-22(4)11-13-23)20-19(24)21-17(3)16(2)18-8-6-5-7-9-18/h5-9,15-17H,10-14H2,1-4H3,(H2,20,21,24). The van der Waals surface area contributed by atoms with Crippen LogP contribution in [0.3, 0.4) is 0 Å². The Labute approximate surface area is 146 Å². The Kier molecular flexibility index (Phi) is 7.06. The van der Waals surface area contributed by atoms with Gasteiger partial charge < -0.3 is 15.5 Å². The van der Waals surface area contributed by atoms with Gasteiger partial charge in [0.15, 0.2) is 0 Å². The fraction of sp³-hybridized carbons (Fsp3) is 0.632. The van der Waals surface area contributed by atoms with Crippen molar-refractivity contribution in [1.82, 2.24) is 20.4 Å². The van der Waals surface area contributed by atoms with Crippen LogP contribution in [-0.2, 0) is 0 Å². The largest absolute Gasteiger partial charge is 0.335 e. The highest BCUT2D eigenvalue weighted by Crippen LogP contribution is 2.18. The molecule has 0 radical (unpaired) electrons. The van der Waals surface area contributed by atoms with Crippen LogP contribution in [0, 0.1) is 0 Å². The lowest BCUT2D eigenvalue weighted by atomic mass is 9.94. The monoisotopic (exact) mass is 332 g/mol. The number of rotatable bonds is 6. The first-order valence-electron chi connectivity index (χ1n) is 8.98. The van der Waals surface area contributed by atoms with E-state index in [4.69, 9.17) is 0 Å². The van der Waals surface area contributed by atoms with E-state index in [1.54, 1.807) is 0 Å². The van der Waals surface area contributed by atoms with Gasteiger partial charge in [0.1, 0.15) is 0 Å². The highest BCUT2D eigenvalue weighted by molar-refractivity contribution is 5.74. The zero-order valence-electron chi connectivity index (χ0n) is 15.5. The number of amides is 2. The molecule has 1 fully saturated rings. The molecule has 0 saturated carbocycles. The highest BCUT2D eigenvalue weighted by Gasteiger charge is 2.19. The SMILES string of the molecule is CC(CN1CCN(C)CC1)NC(=O)NC(C)C(C)c1ccccc1. The van der Waals surface area contributed by atoms with Crippen molar-refractivity contribution in [2.45, 2.75) is 38.8 Å². The third-order valence-corrected chi connectivity index (χ3v) is 4.94. The smallest absolute Gasteiger partial charge is 0.315 e. The molecule has 5 heteroatoms. The van der Waals surface area contributed by atoms with Gasteiger partial charge in [0, 0.05) is 50.7 Å². The molecule has 1 saturated heterocycles. The molecule has 1 aromatic carbocycles. The van der Waals surface area contributed by atoms with Gasteiger partial charge in [-0.1, -0.05) is 37.3 Å². The summed E-state index contributed by atoms with van der Waals surface area (Å²) >= 11 is 0. The number of nitrogens with zero attached hydrogens (tertiary/aromatic N) is 2. The van der Waals surface area contributed by atoms with Gasteiger partial charge in [0.2, 0.25) is 0 Å². The summed E-state index contributed by atoms with van der Waals surface area (Å²) in [5.41, 5.74) is 1.25. The summed E-state index contributed by atoms with van der Waals surface area (Å²) in [7, 11) is 2.15. The van der Waals surface area contributed by atoms with Gasteiger partial charge in [0.05, 0.1) is 0 Å². The summed E-state index contributed by atoms with van der Waals surface area (Å²) in [6.07, 6.45) is 0. The fourth-order valence-corrected chi connectivity index (χ4v) is 3.11. The quantitative estimate of drug-likeness (QED) is 0.839. The van der Waals surface area contributed by atoms with Crippen LogP contribution in [0.15, 0.2) is 30.3 Å². The van der Waals surface area contributed by atoms with E-state index in [9.17, 15) is 4.79 Å². The van der Waals surface area contributed by atoms with E-state index in [1.165, 1.54) is 5.56 Å². The Bertz CT molecular complexity index is 499. The number of hydrogen-bond acceptors (Lipinski definition) is 3. The lowest BCUT2D eigenvalue weighted by Gasteiger charge is -2.34. The predicted octanol–water partition coefficient (Wildman–Crippen LogP) is 2.11. The molecule has 1 aliphatic heterocycles. The zero-order chi connectivity index (χ0) is 17.5. The van der Waals surface area contributed by atoms with Crippen molar-refractivity contribution in [2.75, 3.05) is 39.8 Å². The molecule has 134 valence electrons. The van der Waals surface area contributed by atoms with E-state index in [0.29, 0.717) is 0 Å². The van der Waals surface area contributed by atoms with Crippen molar-refractivity contribution in [2.24, 2.45) is 0 Å². The average molecular weight is 332 g/mol. The summed E-state index contributed by atoms with van der Waals surface area (Å²) in [5, 5.41) is 6.15. The van der Waals surface area contributed by atoms with Crippen molar-refractivity contribution in [1.29, 1.82) is 0 Å². The fourth-order valence-electron chi connectivity index (χ4n) is 3.11. The number of carbonyl (C=O) groups excluding carboxylic acids is 1. The minimum Gasteiger partial charge on any atom is -0.335 e. The first-order chi connectivity index (χ1) is 11.5. The molecule has 0 bridgehead atoms. The van der Waals surface area contributed by atoms with Crippen LogP contribution in [0.1, 0.15) is 32.3 Å². The van der Waals surface area contributed by atoms with E-state index in [1.807, 2.05) is 18.2 Å². The maximum Gasteiger partial charge on any atom is 0.315 e. The molecule has 0 spiro atoms. The maximum atomic E-state index is 12.2. The van der Waals surface area contributed by atoms with Gasteiger partial charge in [-0.25, -0.2) is 4.79 Å². The second-order valence-electron chi connectivity index (χ2n) is 7.11. The number of urea groups is 1. The Balaban J connectivity index is 1.73. The van der Waals surface area contributed by atoms with Crippen molar-refractivity contribution in [3.63, 3.8) is 0 Å². The van der Waals surface area contributed by atoms with E-state index in [0.717, 1.165) is 32.7 Å². The predicted molar refractivity (Wildman–Crippen MR) is 99.4 cm³/mol. The topological polar surface area (TPSA) is 47.6 Å². The van der Waals surface area contributed by atoms with E-state index >= 15 is 0 Å². The molecule has 1 aromatic rings. The van der Waals surface area contributed by atoms with Crippen LogP contribution in [0.2, 0.25) is 0 Å². The number of hydrogen-bond donors (Lipinski definition) is 2. The molecule has 5 nitrogen and oxygen atoms in total. The minimum absolute atomic E-state index is 0.0769. The van der Waals surface area contributed by atoms with Crippen LogP contribution in [-0.4, -0.2) is 67.7 Å². The third-order valence-electron chi connectivity index (χ3n) is 4.94. The summed E-state index contributed by atoms with van der Waals surface area (Å²) in [5.74, 6) is 0.282. The first kappa shape index (κ1) is 18.7. The lowest BCUT2D eigenvalue weighted by Crippen LogP contribution is -2.52. The lowest BCUT2D eigenvalue weighted by molar-refractivity contribution is 0.144. The van der Waals surface area contributed by atoms with Crippen molar-refractivity contribution in [3.8, 4) is 0 Å². The van der Waals surface area contributed by atoms with Crippen molar-refractivity contribution >= 4 is 6.03 Å². The molecule has 3 atom stereocenters. The molecule has 24 heavy (non-hydrogen) atoms. The normalized spacial score (nSPS) is 20.2. The molecular weight excluding hydrogens is 300 g/mol. The Morgan fingerprint density at radius 1 is 1.04 bits per heavy atom. The Morgan fingerprint density at radius 3 is 2.29 bits per heavy atom. The van der Waals surface area contributed by atoms with Gasteiger partial charge in [-0.05, 0) is 26.5 Å². The van der Waals surface area contributed by atoms with Gasteiger partial charge in [-0.15, -0.1) is 0 Å². The summed E-state index contributed by atoms with van der Waals surface area (Å²) < 4.78 is 0. The summed E-state index contributed by atoms with van der Waals surface area (Å²) in [4.78, 5) is 17.0. The zero-order valence-corrected chi connectivity index (χ0v) is 15.5. The highest BCUT2D eigenvalue weighted by atomic mass is 16.2. The number of carbonyl (C=O) groups is 1. The molecule has 2 N–H and O–H groups in total. The summed E-state index contributed by atoms with van der Waals surface area (Å²) in [6, 6.07) is 10.5. The molecule has 1 aliphatic rings. The molecule has 2 rings (SSSR count). The summed E-state index contributed by atoms with van der Waals surface area (Å²) in [6.45, 7) is 11.5. The maximum absolute atomic E-state index is 12.2. The van der Waals surface area contributed by atoms with Crippen molar-refractivity contribution < 1.29 is 4.79 Å². The van der Waals surface area contributed by atoms with E-state index in [2.05, 4.69) is 60.4 Å². The Hall–Kier alpha value is -1.59. The molecule has 3 unspecified atom stereocenters. The number of nitrogens with one attached hydrogen (secondary N) is 2. The van der Waals surface area contributed by atoms with Gasteiger partial charge in [-0.3, -0.25) is 4.90 Å². The number of likely N-dealkylation sites (N-methyl/N-ethyl adjacent to an activating group) is 1. The van der Waals surface area contributed by atoms with E-state index < -0.39 is 0 Å². The second-order valence-corrected chi connectivity index (χ2v) is 7.11. The molecule has 0 aliphatic carbocycles. The Morgan fingerprint density at radius 2 is 1.67 bits per heavy atom. The first-order valence-corrected chi connectivity index (χ1v) is 8.98. The van der Waals surface area contributed by atoms with Crippen LogP contribution >= 0.6 is 0 Å². The van der Waals surface area contributed by atoms with Gasteiger partial charge in [0.25, 0.3) is 0 Å². The number of benzene rings is 1. The van der Waals surface area contributed by atoms with Gasteiger partial charge in [-0.2, -0.15) is 0 Å². The molecule has 2 amide bonds. The number of piperazine rings is 1. The van der Waals surface area contributed by atoms with Crippen molar-refractivity contribution in [3.05, 3.63) is 35.9 Å². The van der Waals surface area contributed by atoms with Crippen LogP contribution in [0.4, 0.5) is 4.79 Å². The minimum atomic E-state index is -0.0769. The second kappa shape index (κ2) is 9.04. The average Bonchev–Trinajstić information content (AvgIpc) is 2.56.